The molecule has 0 aliphatic heterocycles. The lowest BCUT2D eigenvalue weighted by molar-refractivity contribution is 0.0951. The van der Waals surface area contributed by atoms with Gasteiger partial charge in [-0.3, -0.25) is 4.79 Å². The van der Waals surface area contributed by atoms with Crippen LogP contribution >= 0.6 is 22.7 Å². The van der Waals surface area contributed by atoms with E-state index in [0.29, 0.717) is 12.1 Å². The molecule has 0 aliphatic rings. The summed E-state index contributed by atoms with van der Waals surface area (Å²) in [6.45, 7) is 2.49. The SMILES string of the molecule is Cc1nc(-c2cccs2)sc1CNC(=O)c1ccc(N(C)C)cc1. The second kappa shape index (κ2) is 7.15. The average molecular weight is 358 g/mol. The maximum atomic E-state index is 12.3. The van der Waals surface area contributed by atoms with E-state index in [9.17, 15) is 4.79 Å². The van der Waals surface area contributed by atoms with E-state index in [2.05, 4.69) is 16.4 Å². The number of benzene rings is 1. The molecule has 24 heavy (non-hydrogen) atoms. The fourth-order valence-electron chi connectivity index (χ4n) is 2.27. The number of amides is 1. The molecule has 0 aliphatic carbocycles. The van der Waals surface area contributed by atoms with E-state index in [1.54, 1.807) is 22.7 Å². The molecule has 1 aromatic carbocycles. The summed E-state index contributed by atoms with van der Waals surface area (Å²) < 4.78 is 0. The fourth-order valence-corrected chi connectivity index (χ4v) is 4.07. The van der Waals surface area contributed by atoms with Crippen LogP contribution < -0.4 is 10.2 Å². The van der Waals surface area contributed by atoms with E-state index in [4.69, 9.17) is 0 Å². The zero-order valence-electron chi connectivity index (χ0n) is 13.9. The van der Waals surface area contributed by atoms with Gasteiger partial charge in [-0.05, 0) is 42.6 Å². The second-order valence-corrected chi connectivity index (χ2v) is 7.66. The number of thiophene rings is 1. The Hall–Kier alpha value is -2.18. The van der Waals surface area contributed by atoms with Gasteiger partial charge in [0.15, 0.2) is 0 Å². The van der Waals surface area contributed by atoms with Crippen LogP contribution in [0.5, 0.6) is 0 Å². The van der Waals surface area contributed by atoms with E-state index in [0.717, 1.165) is 21.3 Å². The molecule has 124 valence electrons. The van der Waals surface area contributed by atoms with E-state index < -0.39 is 0 Å². The minimum absolute atomic E-state index is 0.0641. The fraction of sp³-hybridized carbons (Fsp3) is 0.222. The van der Waals surface area contributed by atoms with Crippen LogP contribution in [0, 0.1) is 6.92 Å². The van der Waals surface area contributed by atoms with Gasteiger partial charge in [-0.15, -0.1) is 22.7 Å². The molecule has 0 bridgehead atoms. The van der Waals surface area contributed by atoms with Crippen molar-refractivity contribution in [3.63, 3.8) is 0 Å². The Balaban J connectivity index is 1.66. The molecule has 4 nitrogen and oxygen atoms in total. The zero-order chi connectivity index (χ0) is 17.1. The van der Waals surface area contributed by atoms with Crippen LogP contribution in [-0.2, 0) is 6.54 Å². The number of aryl methyl sites for hydroxylation is 1. The largest absolute Gasteiger partial charge is 0.378 e. The molecule has 0 unspecified atom stereocenters. The number of aromatic nitrogens is 1. The van der Waals surface area contributed by atoms with Crippen molar-refractivity contribution >= 4 is 34.3 Å². The molecule has 3 aromatic rings. The third kappa shape index (κ3) is 3.66. The summed E-state index contributed by atoms with van der Waals surface area (Å²) in [5.41, 5.74) is 2.72. The molecule has 2 heterocycles. The third-order valence-electron chi connectivity index (χ3n) is 3.68. The smallest absolute Gasteiger partial charge is 0.251 e. The number of hydrogen-bond acceptors (Lipinski definition) is 5. The Labute approximate surface area is 149 Å². The summed E-state index contributed by atoms with van der Waals surface area (Å²) in [5.74, 6) is -0.0641. The summed E-state index contributed by atoms with van der Waals surface area (Å²) in [7, 11) is 3.96. The van der Waals surface area contributed by atoms with Crippen molar-refractivity contribution in [3.05, 3.63) is 57.9 Å². The first-order valence-corrected chi connectivity index (χ1v) is 9.30. The van der Waals surface area contributed by atoms with Gasteiger partial charge in [0.25, 0.3) is 5.91 Å². The Morgan fingerprint density at radius 3 is 2.58 bits per heavy atom. The van der Waals surface area contributed by atoms with E-state index in [-0.39, 0.29) is 5.91 Å². The van der Waals surface area contributed by atoms with Gasteiger partial charge in [0.05, 0.1) is 17.1 Å². The van der Waals surface area contributed by atoms with Crippen LogP contribution in [0.15, 0.2) is 41.8 Å². The topological polar surface area (TPSA) is 45.2 Å². The number of thiazole rings is 1. The van der Waals surface area contributed by atoms with Gasteiger partial charge in [0.1, 0.15) is 5.01 Å². The van der Waals surface area contributed by atoms with Crippen LogP contribution in [-0.4, -0.2) is 25.0 Å². The second-order valence-electron chi connectivity index (χ2n) is 5.63. The lowest BCUT2D eigenvalue weighted by Crippen LogP contribution is -2.22. The molecule has 0 saturated heterocycles. The van der Waals surface area contributed by atoms with Crippen molar-refractivity contribution in [2.24, 2.45) is 0 Å². The number of nitrogens with zero attached hydrogens (tertiary/aromatic N) is 2. The van der Waals surface area contributed by atoms with Gasteiger partial charge in [-0.25, -0.2) is 4.98 Å². The molecular formula is C18H19N3OS2. The van der Waals surface area contributed by atoms with Crippen LogP contribution in [0.3, 0.4) is 0 Å². The van der Waals surface area contributed by atoms with E-state index in [1.165, 1.54) is 4.88 Å². The van der Waals surface area contributed by atoms with Crippen molar-refractivity contribution in [1.29, 1.82) is 0 Å². The lowest BCUT2D eigenvalue weighted by Gasteiger charge is -2.12. The highest BCUT2D eigenvalue weighted by Crippen LogP contribution is 2.31. The highest BCUT2D eigenvalue weighted by Gasteiger charge is 2.12. The number of carbonyl (C=O) groups is 1. The van der Waals surface area contributed by atoms with Crippen LogP contribution in [0.4, 0.5) is 5.69 Å². The van der Waals surface area contributed by atoms with Crippen LogP contribution in [0.1, 0.15) is 20.9 Å². The minimum Gasteiger partial charge on any atom is -0.378 e. The van der Waals surface area contributed by atoms with Gasteiger partial charge in [-0.2, -0.15) is 0 Å². The highest BCUT2D eigenvalue weighted by atomic mass is 32.1. The summed E-state index contributed by atoms with van der Waals surface area (Å²) in [4.78, 5) is 21.2. The number of carbonyl (C=O) groups excluding carboxylic acids is 1. The number of anilines is 1. The quantitative estimate of drug-likeness (QED) is 0.745. The van der Waals surface area contributed by atoms with Gasteiger partial charge in [0, 0.05) is 30.2 Å². The van der Waals surface area contributed by atoms with Crippen LogP contribution in [0.25, 0.3) is 9.88 Å². The molecular weight excluding hydrogens is 338 g/mol. The van der Waals surface area contributed by atoms with Crippen molar-refractivity contribution in [2.75, 3.05) is 19.0 Å². The third-order valence-corrected chi connectivity index (χ3v) is 5.88. The Morgan fingerprint density at radius 2 is 1.96 bits per heavy atom. The Bertz CT molecular complexity index is 821. The molecule has 1 N–H and O–H groups in total. The molecule has 1 amide bonds. The van der Waals surface area contributed by atoms with Gasteiger partial charge >= 0.3 is 0 Å². The van der Waals surface area contributed by atoms with Gasteiger partial charge < -0.3 is 10.2 Å². The summed E-state index contributed by atoms with van der Waals surface area (Å²) in [5, 5.41) is 6.05. The monoisotopic (exact) mass is 357 g/mol. The highest BCUT2D eigenvalue weighted by molar-refractivity contribution is 7.21. The van der Waals surface area contributed by atoms with Crippen molar-refractivity contribution in [1.82, 2.24) is 10.3 Å². The van der Waals surface area contributed by atoms with Crippen LogP contribution in [0.2, 0.25) is 0 Å². The van der Waals surface area contributed by atoms with Gasteiger partial charge in [-0.1, -0.05) is 6.07 Å². The van der Waals surface area contributed by atoms with Crippen molar-refractivity contribution < 1.29 is 4.79 Å². The minimum atomic E-state index is -0.0641. The molecule has 3 rings (SSSR count). The lowest BCUT2D eigenvalue weighted by atomic mass is 10.2. The summed E-state index contributed by atoms with van der Waals surface area (Å²) in [6, 6.07) is 11.7. The molecule has 0 atom stereocenters. The van der Waals surface area contributed by atoms with E-state index in [1.807, 2.05) is 61.6 Å². The first kappa shape index (κ1) is 16.7. The van der Waals surface area contributed by atoms with Crippen molar-refractivity contribution in [3.8, 4) is 9.88 Å². The Morgan fingerprint density at radius 1 is 1.21 bits per heavy atom. The Kier molecular flexibility index (Phi) is 4.97. The predicted octanol–water partition coefficient (Wildman–Crippen LogP) is 4.18. The molecule has 0 fully saturated rings. The van der Waals surface area contributed by atoms with E-state index >= 15 is 0 Å². The predicted molar refractivity (Wildman–Crippen MR) is 102 cm³/mol. The first-order valence-electron chi connectivity index (χ1n) is 7.60. The standard InChI is InChI=1S/C18H19N3OS2/c1-12-16(24-18(20-12)15-5-4-10-23-15)11-19-17(22)13-6-8-14(9-7-13)21(2)3/h4-10H,11H2,1-3H3,(H,19,22). The average Bonchev–Trinajstić information content (AvgIpc) is 3.22. The maximum absolute atomic E-state index is 12.3. The normalized spacial score (nSPS) is 10.6. The van der Waals surface area contributed by atoms with Gasteiger partial charge in [0.2, 0.25) is 0 Å². The molecule has 0 spiro atoms. The number of hydrogen-bond donors (Lipinski definition) is 1. The molecule has 0 radical (unpaired) electrons. The molecule has 0 saturated carbocycles. The zero-order valence-corrected chi connectivity index (χ0v) is 15.5. The number of rotatable bonds is 5. The summed E-state index contributed by atoms with van der Waals surface area (Å²) in [6.07, 6.45) is 0. The first-order chi connectivity index (χ1) is 11.5. The number of nitrogens with one attached hydrogen (secondary N) is 1. The van der Waals surface area contributed by atoms with Crippen molar-refractivity contribution in [2.45, 2.75) is 13.5 Å². The maximum Gasteiger partial charge on any atom is 0.251 e. The molecule has 6 heteroatoms. The summed E-state index contributed by atoms with van der Waals surface area (Å²) >= 11 is 3.32. The molecule has 2 aromatic heterocycles.